The molecular weight excluding hydrogens is 823 g/mol. The molecule has 0 rings (SSSR count). The highest BCUT2D eigenvalue weighted by Crippen LogP contribution is 2.14. The summed E-state index contributed by atoms with van der Waals surface area (Å²) < 4.78 is 17.2. The van der Waals surface area contributed by atoms with Crippen molar-refractivity contribution in [1.29, 1.82) is 0 Å². The van der Waals surface area contributed by atoms with Crippen LogP contribution in [0.1, 0.15) is 213 Å². The van der Waals surface area contributed by atoms with Gasteiger partial charge in [0.25, 0.3) is 0 Å². The Balaban J connectivity index is 4.31. The lowest BCUT2D eigenvalue weighted by Crippen LogP contribution is -2.55. The minimum Gasteiger partial charge on any atom is -0.544 e. The monoisotopic (exact) mass is 922 g/mol. The number of carbonyl (C=O) groups is 3. The Hall–Kier alpha value is -3.49. The van der Waals surface area contributed by atoms with Crippen molar-refractivity contribution in [1.82, 2.24) is 0 Å². The molecule has 0 amide bonds. The molecule has 0 radical (unpaired) electrons. The minimum absolute atomic E-state index is 0.0248. The highest BCUT2D eigenvalue weighted by Gasteiger charge is 2.25. The SMILES string of the molecule is CC/C=C/C/C=C/C/C=C/C/C=C/C/C=C/CCCCCCC(=O)OCC(COCCC(C(=O)[O-])[N+](C)(C)C)OC(=O)CCCCCCCCC/C=C/C/C=C/CCCCCCCCCC. The fourth-order valence-corrected chi connectivity index (χ4v) is 7.42. The maximum atomic E-state index is 12.8. The van der Waals surface area contributed by atoms with Crippen molar-refractivity contribution in [2.24, 2.45) is 0 Å². The third kappa shape index (κ3) is 45.7. The van der Waals surface area contributed by atoms with E-state index in [0.717, 1.165) is 103 Å². The Morgan fingerprint density at radius 3 is 1.26 bits per heavy atom. The molecule has 2 unspecified atom stereocenters. The van der Waals surface area contributed by atoms with Crippen molar-refractivity contribution in [3.8, 4) is 0 Å². The number of carboxylic acid groups (broad SMARTS) is 1. The molecule has 378 valence electrons. The summed E-state index contributed by atoms with van der Waals surface area (Å²) in [5, 5.41) is 11.7. The van der Waals surface area contributed by atoms with E-state index in [1.54, 1.807) is 21.1 Å². The van der Waals surface area contributed by atoms with E-state index in [9.17, 15) is 19.5 Å². The van der Waals surface area contributed by atoms with Gasteiger partial charge in [-0.2, -0.15) is 0 Å². The van der Waals surface area contributed by atoms with Crippen molar-refractivity contribution >= 4 is 17.9 Å². The van der Waals surface area contributed by atoms with Crippen molar-refractivity contribution in [3.63, 3.8) is 0 Å². The summed E-state index contributed by atoms with van der Waals surface area (Å²) in [5.74, 6) is -1.78. The average molecular weight is 922 g/mol. The number of carboxylic acids is 1. The van der Waals surface area contributed by atoms with E-state index < -0.39 is 18.1 Å². The van der Waals surface area contributed by atoms with Crippen LogP contribution in [0.15, 0.2) is 85.1 Å². The first-order chi connectivity index (χ1) is 32.1. The number of esters is 2. The molecule has 0 aliphatic carbocycles. The van der Waals surface area contributed by atoms with Crippen molar-refractivity contribution < 1.29 is 38.2 Å². The Morgan fingerprint density at radius 1 is 0.470 bits per heavy atom. The summed E-state index contributed by atoms with van der Waals surface area (Å²) >= 11 is 0. The lowest BCUT2D eigenvalue weighted by atomic mass is 10.1. The molecule has 2 atom stereocenters. The standard InChI is InChI=1S/C58H99NO7/c1-6-8-10-12-14-16-18-20-22-24-26-28-29-31-33-35-37-39-41-43-45-47-49-57(61)66-54(52-64-51-50-55(58(62)63)59(3,4)5)53-65-56(60)48-46-44-42-40-38-36-34-32-30-27-25-23-21-19-17-15-13-11-9-7-2/h9,11,15,17,21,23-24,26-27,29-31,34,36,54-55H,6-8,10,12-14,16,18-20,22,25,28,32-33,35,37-53H2,1-5H3/b11-9+,17-15+,23-21+,26-24+,30-27+,31-29+,36-34+. The quantitative estimate of drug-likeness (QED) is 0.0259. The van der Waals surface area contributed by atoms with Crippen LogP contribution in [-0.4, -0.2) is 75.5 Å². The van der Waals surface area contributed by atoms with Crippen LogP contribution in [-0.2, 0) is 28.6 Å². The van der Waals surface area contributed by atoms with Gasteiger partial charge in [-0.1, -0.05) is 189 Å². The molecule has 0 heterocycles. The normalized spacial score (nSPS) is 13.5. The van der Waals surface area contributed by atoms with Crippen LogP contribution in [0.3, 0.4) is 0 Å². The predicted molar refractivity (Wildman–Crippen MR) is 277 cm³/mol. The van der Waals surface area contributed by atoms with E-state index >= 15 is 0 Å². The van der Waals surface area contributed by atoms with E-state index in [1.165, 1.54) is 77.0 Å². The molecule has 8 nitrogen and oxygen atoms in total. The number of unbranched alkanes of at least 4 members (excludes halogenated alkanes) is 19. The molecule has 66 heavy (non-hydrogen) atoms. The number of rotatable bonds is 47. The lowest BCUT2D eigenvalue weighted by molar-refractivity contribution is -0.889. The lowest BCUT2D eigenvalue weighted by Gasteiger charge is -2.34. The zero-order valence-electron chi connectivity index (χ0n) is 43.1. The summed E-state index contributed by atoms with van der Waals surface area (Å²) in [6.45, 7) is 4.52. The second-order valence-corrected chi connectivity index (χ2v) is 18.7. The van der Waals surface area contributed by atoms with E-state index in [4.69, 9.17) is 14.2 Å². The third-order valence-corrected chi connectivity index (χ3v) is 11.5. The molecule has 0 N–H and O–H groups in total. The minimum atomic E-state index is -1.13. The van der Waals surface area contributed by atoms with Crippen molar-refractivity contribution in [3.05, 3.63) is 85.1 Å². The Kier molecular flexibility index (Phi) is 45.4. The Labute approximate surface area is 405 Å². The zero-order valence-corrected chi connectivity index (χ0v) is 43.1. The third-order valence-electron chi connectivity index (χ3n) is 11.5. The van der Waals surface area contributed by atoms with Crippen LogP contribution in [0.2, 0.25) is 0 Å². The number of carbonyl (C=O) groups excluding carboxylic acids is 3. The van der Waals surface area contributed by atoms with E-state index in [1.807, 2.05) is 0 Å². The fourth-order valence-electron chi connectivity index (χ4n) is 7.42. The van der Waals surface area contributed by atoms with Crippen LogP contribution in [0, 0.1) is 0 Å². The van der Waals surface area contributed by atoms with Gasteiger partial charge in [0, 0.05) is 19.3 Å². The maximum Gasteiger partial charge on any atom is 0.306 e. The second-order valence-electron chi connectivity index (χ2n) is 18.7. The van der Waals surface area contributed by atoms with Crippen LogP contribution < -0.4 is 5.11 Å². The molecule has 0 fully saturated rings. The van der Waals surface area contributed by atoms with E-state index in [2.05, 4.69) is 98.9 Å². The summed E-state index contributed by atoms with van der Waals surface area (Å²) in [5.41, 5.74) is 0. The van der Waals surface area contributed by atoms with Gasteiger partial charge in [-0.15, -0.1) is 0 Å². The highest BCUT2D eigenvalue weighted by atomic mass is 16.6. The summed E-state index contributed by atoms with van der Waals surface area (Å²) in [6, 6.07) is -0.737. The topological polar surface area (TPSA) is 102 Å². The smallest absolute Gasteiger partial charge is 0.306 e. The predicted octanol–water partition coefficient (Wildman–Crippen LogP) is 14.3. The molecule has 0 aromatic rings. The van der Waals surface area contributed by atoms with Crippen LogP contribution in [0.5, 0.6) is 0 Å². The fraction of sp³-hybridized carbons (Fsp3) is 0.707. The van der Waals surface area contributed by atoms with Gasteiger partial charge in [-0.3, -0.25) is 9.59 Å². The molecule has 0 bridgehead atoms. The largest absolute Gasteiger partial charge is 0.544 e. The van der Waals surface area contributed by atoms with Gasteiger partial charge in [0.15, 0.2) is 6.10 Å². The van der Waals surface area contributed by atoms with E-state index in [0.29, 0.717) is 12.8 Å². The maximum absolute atomic E-state index is 12.8. The van der Waals surface area contributed by atoms with Gasteiger partial charge in [0.1, 0.15) is 12.6 Å². The molecule has 0 aromatic carbocycles. The Bertz CT molecular complexity index is 1350. The van der Waals surface area contributed by atoms with Crippen LogP contribution in [0.4, 0.5) is 0 Å². The summed E-state index contributed by atoms with van der Waals surface area (Å²) in [7, 11) is 5.40. The van der Waals surface area contributed by atoms with Crippen molar-refractivity contribution in [2.75, 3.05) is 41.0 Å². The number of nitrogens with zero attached hydrogens (tertiary/aromatic N) is 1. The van der Waals surface area contributed by atoms with Crippen LogP contribution >= 0.6 is 0 Å². The number of aliphatic carboxylic acids is 1. The molecule has 0 aliphatic heterocycles. The van der Waals surface area contributed by atoms with Crippen molar-refractivity contribution in [2.45, 2.75) is 225 Å². The molecule has 8 heteroatoms. The molecule has 0 saturated carbocycles. The number of likely N-dealkylation sites (N-methyl/N-ethyl adjacent to an activating group) is 1. The van der Waals surface area contributed by atoms with E-state index in [-0.39, 0.29) is 42.7 Å². The van der Waals surface area contributed by atoms with Gasteiger partial charge in [-0.05, 0) is 89.9 Å². The second kappa shape index (κ2) is 48.0. The van der Waals surface area contributed by atoms with Gasteiger partial charge in [-0.25, -0.2) is 0 Å². The Morgan fingerprint density at radius 2 is 0.848 bits per heavy atom. The molecule has 0 aliphatic rings. The number of hydrogen-bond acceptors (Lipinski definition) is 7. The number of ether oxygens (including phenoxy) is 3. The molecule has 0 spiro atoms. The van der Waals surface area contributed by atoms with Gasteiger partial charge >= 0.3 is 11.9 Å². The number of hydrogen-bond donors (Lipinski definition) is 0. The first-order valence-electron chi connectivity index (χ1n) is 26.6. The molecular formula is C58H99NO7. The average Bonchev–Trinajstić information content (AvgIpc) is 3.28. The first-order valence-corrected chi connectivity index (χ1v) is 26.6. The van der Waals surface area contributed by atoms with Gasteiger partial charge in [0.05, 0.1) is 40.3 Å². The summed E-state index contributed by atoms with van der Waals surface area (Å²) in [6.07, 6.45) is 63.3. The van der Waals surface area contributed by atoms with Crippen LogP contribution in [0.25, 0.3) is 0 Å². The molecule has 0 saturated heterocycles. The molecule has 0 aromatic heterocycles. The zero-order chi connectivity index (χ0) is 48.4. The summed E-state index contributed by atoms with van der Waals surface area (Å²) in [4.78, 5) is 37.1. The van der Waals surface area contributed by atoms with Gasteiger partial charge < -0.3 is 28.6 Å². The number of allylic oxidation sites excluding steroid dienone is 14. The first kappa shape index (κ1) is 62.5. The van der Waals surface area contributed by atoms with Gasteiger partial charge in [0.2, 0.25) is 0 Å². The highest BCUT2D eigenvalue weighted by molar-refractivity contribution is 5.70. The number of quaternary nitrogens is 1.